The first-order chi connectivity index (χ1) is 11.8. The van der Waals surface area contributed by atoms with Gasteiger partial charge in [0.15, 0.2) is 0 Å². The molecule has 24 heavy (non-hydrogen) atoms. The molecule has 0 aliphatic carbocycles. The fraction of sp³-hybridized carbons (Fsp3) is 0.0476. The molecule has 0 spiro atoms. The Morgan fingerprint density at radius 1 is 0.875 bits per heavy atom. The predicted molar refractivity (Wildman–Crippen MR) is 101 cm³/mol. The summed E-state index contributed by atoms with van der Waals surface area (Å²) in [7, 11) is 0. The number of fused-ring (bicyclic) bond motifs is 4. The van der Waals surface area contributed by atoms with Gasteiger partial charge in [0, 0.05) is 33.6 Å². The van der Waals surface area contributed by atoms with E-state index in [0.717, 1.165) is 28.5 Å². The van der Waals surface area contributed by atoms with Gasteiger partial charge in [0.1, 0.15) is 5.82 Å². The number of anilines is 3. The van der Waals surface area contributed by atoms with E-state index in [2.05, 4.69) is 70.5 Å². The molecular weight excluding hydrogens is 316 g/mol. The van der Waals surface area contributed by atoms with Gasteiger partial charge in [0.25, 0.3) is 0 Å². The lowest BCUT2D eigenvalue weighted by atomic mass is 9.96. The van der Waals surface area contributed by atoms with Crippen LogP contribution in [0.15, 0.2) is 72.8 Å². The Morgan fingerprint density at radius 3 is 2.54 bits per heavy atom. The van der Waals surface area contributed by atoms with Crippen LogP contribution < -0.4 is 4.90 Å². The molecule has 2 nitrogen and oxygen atoms in total. The molecule has 0 radical (unpaired) electrons. The SMILES string of the molecule is Clc1ccc2[nH]c3c(c2c1)Cc1ccccc1N3c1ccccc1. The summed E-state index contributed by atoms with van der Waals surface area (Å²) < 4.78 is 0. The number of benzene rings is 3. The largest absolute Gasteiger partial charge is 0.341 e. The average molecular weight is 331 g/mol. The molecule has 3 aromatic carbocycles. The Morgan fingerprint density at radius 2 is 1.67 bits per heavy atom. The second-order valence-electron chi connectivity index (χ2n) is 6.12. The lowest BCUT2D eigenvalue weighted by molar-refractivity contribution is 1.08. The lowest BCUT2D eigenvalue weighted by Gasteiger charge is -2.31. The zero-order chi connectivity index (χ0) is 16.1. The number of halogens is 1. The molecule has 116 valence electrons. The van der Waals surface area contributed by atoms with E-state index >= 15 is 0 Å². The summed E-state index contributed by atoms with van der Waals surface area (Å²) in [5, 5.41) is 1.97. The predicted octanol–water partition coefficient (Wildman–Crippen LogP) is 6.20. The summed E-state index contributed by atoms with van der Waals surface area (Å²) in [6.45, 7) is 0. The number of hydrogen-bond acceptors (Lipinski definition) is 1. The Balaban J connectivity index is 1.83. The fourth-order valence-corrected chi connectivity index (χ4v) is 3.78. The van der Waals surface area contributed by atoms with E-state index < -0.39 is 0 Å². The molecule has 0 amide bonds. The van der Waals surface area contributed by atoms with Crippen LogP contribution in [0.5, 0.6) is 0 Å². The van der Waals surface area contributed by atoms with Crippen molar-refractivity contribution >= 4 is 39.7 Å². The highest BCUT2D eigenvalue weighted by Crippen LogP contribution is 2.45. The number of H-pyrrole nitrogens is 1. The molecule has 0 fully saturated rings. The first-order valence-electron chi connectivity index (χ1n) is 8.04. The van der Waals surface area contributed by atoms with Crippen molar-refractivity contribution in [1.29, 1.82) is 0 Å². The van der Waals surface area contributed by atoms with Gasteiger partial charge in [-0.25, -0.2) is 0 Å². The van der Waals surface area contributed by atoms with E-state index in [4.69, 9.17) is 11.6 Å². The number of aromatic nitrogens is 1. The molecule has 4 aromatic rings. The van der Waals surface area contributed by atoms with Crippen molar-refractivity contribution in [2.24, 2.45) is 0 Å². The second kappa shape index (κ2) is 5.15. The summed E-state index contributed by atoms with van der Waals surface area (Å²) >= 11 is 6.24. The summed E-state index contributed by atoms with van der Waals surface area (Å²) in [5.41, 5.74) is 6.14. The van der Waals surface area contributed by atoms with E-state index in [1.54, 1.807) is 0 Å². The van der Waals surface area contributed by atoms with E-state index in [9.17, 15) is 0 Å². The van der Waals surface area contributed by atoms with E-state index in [0.29, 0.717) is 0 Å². The monoisotopic (exact) mass is 330 g/mol. The Bertz CT molecular complexity index is 1050. The summed E-state index contributed by atoms with van der Waals surface area (Å²) in [4.78, 5) is 5.91. The van der Waals surface area contributed by atoms with E-state index in [1.165, 1.54) is 22.2 Å². The number of hydrogen-bond donors (Lipinski definition) is 1. The van der Waals surface area contributed by atoms with Gasteiger partial charge in [-0.15, -0.1) is 0 Å². The van der Waals surface area contributed by atoms with Crippen molar-refractivity contribution in [3.8, 4) is 0 Å². The van der Waals surface area contributed by atoms with Crippen molar-refractivity contribution in [3.63, 3.8) is 0 Å². The lowest BCUT2D eigenvalue weighted by Crippen LogP contribution is -2.18. The Kier molecular flexibility index (Phi) is 2.94. The second-order valence-corrected chi connectivity index (χ2v) is 6.55. The first-order valence-corrected chi connectivity index (χ1v) is 8.42. The molecule has 2 heterocycles. The molecule has 5 rings (SSSR count). The van der Waals surface area contributed by atoms with Crippen LogP contribution in [0.3, 0.4) is 0 Å². The normalized spacial score (nSPS) is 13.0. The van der Waals surface area contributed by atoms with Crippen LogP contribution in [0, 0.1) is 0 Å². The van der Waals surface area contributed by atoms with Gasteiger partial charge in [0.2, 0.25) is 0 Å². The fourth-order valence-electron chi connectivity index (χ4n) is 3.61. The van der Waals surface area contributed by atoms with Crippen molar-refractivity contribution in [1.82, 2.24) is 4.98 Å². The third kappa shape index (κ3) is 1.97. The Labute approximate surface area is 145 Å². The van der Waals surface area contributed by atoms with Gasteiger partial charge < -0.3 is 4.98 Å². The molecular formula is C21H15ClN2. The van der Waals surface area contributed by atoms with Crippen LogP contribution in [0.25, 0.3) is 10.9 Å². The number of rotatable bonds is 1. The van der Waals surface area contributed by atoms with Crippen LogP contribution in [0.2, 0.25) is 5.02 Å². The molecule has 1 N–H and O–H groups in total. The minimum absolute atomic E-state index is 0.773. The smallest absolute Gasteiger partial charge is 0.119 e. The highest BCUT2D eigenvalue weighted by Gasteiger charge is 2.27. The first kappa shape index (κ1) is 13.7. The molecule has 1 aliphatic rings. The third-order valence-electron chi connectivity index (χ3n) is 4.68. The van der Waals surface area contributed by atoms with Gasteiger partial charge in [-0.1, -0.05) is 48.0 Å². The minimum atomic E-state index is 0.773. The summed E-state index contributed by atoms with van der Waals surface area (Å²) in [5.74, 6) is 1.14. The number of nitrogens with one attached hydrogen (secondary N) is 1. The third-order valence-corrected chi connectivity index (χ3v) is 4.92. The molecule has 1 aromatic heterocycles. The van der Waals surface area contributed by atoms with Crippen LogP contribution in [-0.4, -0.2) is 4.98 Å². The molecule has 0 bridgehead atoms. The quantitative estimate of drug-likeness (QED) is 0.388. The van der Waals surface area contributed by atoms with E-state index in [1.807, 2.05) is 12.1 Å². The Hall–Kier alpha value is -2.71. The number of nitrogens with zero attached hydrogens (tertiary/aromatic N) is 1. The topological polar surface area (TPSA) is 19.0 Å². The van der Waals surface area contributed by atoms with Gasteiger partial charge in [-0.2, -0.15) is 0 Å². The van der Waals surface area contributed by atoms with Gasteiger partial charge in [-0.3, -0.25) is 4.90 Å². The minimum Gasteiger partial charge on any atom is -0.341 e. The van der Waals surface area contributed by atoms with E-state index in [-0.39, 0.29) is 0 Å². The zero-order valence-corrected chi connectivity index (χ0v) is 13.7. The summed E-state index contributed by atoms with van der Waals surface area (Å²) in [6.07, 6.45) is 0.912. The maximum absolute atomic E-state index is 6.24. The molecule has 0 atom stereocenters. The standard InChI is InChI=1S/C21H15ClN2/c22-15-10-11-19-17(13-15)18-12-14-6-4-5-9-20(14)24(21(18)23-19)16-7-2-1-3-8-16/h1-11,13,23H,12H2. The molecule has 0 saturated carbocycles. The van der Waals surface area contributed by atoms with Crippen molar-refractivity contribution in [2.45, 2.75) is 6.42 Å². The van der Waals surface area contributed by atoms with Gasteiger partial charge in [0.05, 0.1) is 5.69 Å². The molecule has 1 aliphatic heterocycles. The van der Waals surface area contributed by atoms with Crippen molar-refractivity contribution < 1.29 is 0 Å². The molecule has 0 saturated heterocycles. The maximum Gasteiger partial charge on any atom is 0.119 e. The highest BCUT2D eigenvalue weighted by molar-refractivity contribution is 6.31. The van der Waals surface area contributed by atoms with Crippen molar-refractivity contribution in [2.75, 3.05) is 4.90 Å². The zero-order valence-electron chi connectivity index (χ0n) is 13.0. The van der Waals surface area contributed by atoms with Gasteiger partial charge in [-0.05, 0) is 42.0 Å². The summed E-state index contributed by atoms with van der Waals surface area (Å²) in [6, 6.07) is 25.1. The van der Waals surface area contributed by atoms with Crippen LogP contribution in [0.1, 0.15) is 11.1 Å². The maximum atomic E-state index is 6.24. The molecule has 0 unspecified atom stereocenters. The average Bonchev–Trinajstić information content (AvgIpc) is 2.98. The van der Waals surface area contributed by atoms with Crippen LogP contribution in [-0.2, 0) is 6.42 Å². The van der Waals surface area contributed by atoms with Crippen LogP contribution in [0.4, 0.5) is 17.2 Å². The highest BCUT2D eigenvalue weighted by atomic mass is 35.5. The van der Waals surface area contributed by atoms with Gasteiger partial charge >= 0.3 is 0 Å². The van der Waals surface area contributed by atoms with Crippen LogP contribution >= 0.6 is 11.6 Å². The number of para-hydroxylation sites is 2. The van der Waals surface area contributed by atoms with Crippen molar-refractivity contribution in [3.05, 3.63) is 88.9 Å². The molecule has 3 heteroatoms. The number of aromatic amines is 1.